The van der Waals surface area contributed by atoms with Crippen LogP contribution in [-0.4, -0.2) is 20.3 Å². The Labute approximate surface area is 126 Å². The second-order valence-electron chi connectivity index (χ2n) is 4.97. The van der Waals surface area contributed by atoms with Crippen LogP contribution in [0.15, 0.2) is 42.5 Å². The van der Waals surface area contributed by atoms with Crippen LogP contribution in [0.5, 0.6) is 17.2 Å². The Bertz CT molecular complexity index is 578. The summed E-state index contributed by atoms with van der Waals surface area (Å²) in [6.07, 6.45) is 0.825. The molecule has 3 heteroatoms. The lowest BCUT2D eigenvalue weighted by Gasteiger charge is -2.12. The van der Waals surface area contributed by atoms with Crippen LogP contribution in [0.2, 0.25) is 0 Å². The second kappa shape index (κ2) is 7.58. The van der Waals surface area contributed by atoms with Crippen LogP contribution >= 0.6 is 0 Å². The van der Waals surface area contributed by atoms with Gasteiger partial charge in [-0.05, 0) is 43.2 Å². The molecule has 0 spiro atoms. The first-order valence-corrected chi connectivity index (χ1v) is 7.16. The maximum Gasteiger partial charge on any atom is 0.161 e. The van der Waals surface area contributed by atoms with Crippen molar-refractivity contribution in [2.24, 2.45) is 0 Å². The van der Waals surface area contributed by atoms with Gasteiger partial charge in [-0.1, -0.05) is 24.3 Å². The maximum absolute atomic E-state index is 5.75. The average molecular weight is 286 g/mol. The summed E-state index contributed by atoms with van der Waals surface area (Å²) in [5, 5.41) is 0. The zero-order valence-electron chi connectivity index (χ0n) is 12.9. The van der Waals surface area contributed by atoms with Gasteiger partial charge >= 0.3 is 0 Å². The van der Waals surface area contributed by atoms with Crippen molar-refractivity contribution in [1.29, 1.82) is 0 Å². The number of para-hydroxylation sites is 1. The molecule has 2 aromatic carbocycles. The molecule has 0 atom stereocenters. The SMILES string of the molecule is COc1cc(C)ccc1OCCCOc1ccccc1C. The lowest BCUT2D eigenvalue weighted by molar-refractivity contribution is 0.239. The molecule has 112 valence electrons. The van der Waals surface area contributed by atoms with Crippen molar-refractivity contribution in [3.63, 3.8) is 0 Å². The first kappa shape index (κ1) is 15.2. The minimum Gasteiger partial charge on any atom is -0.493 e. The van der Waals surface area contributed by atoms with Crippen molar-refractivity contribution in [2.45, 2.75) is 20.3 Å². The standard InChI is InChI=1S/C18H22O3/c1-14-9-10-17(18(13-14)19-3)21-12-6-11-20-16-8-5-4-7-15(16)2/h4-5,7-10,13H,6,11-12H2,1-3H3. The Morgan fingerprint density at radius 2 is 1.52 bits per heavy atom. The van der Waals surface area contributed by atoms with E-state index in [4.69, 9.17) is 14.2 Å². The van der Waals surface area contributed by atoms with E-state index in [9.17, 15) is 0 Å². The molecule has 0 radical (unpaired) electrons. The van der Waals surface area contributed by atoms with Crippen molar-refractivity contribution < 1.29 is 14.2 Å². The van der Waals surface area contributed by atoms with E-state index >= 15 is 0 Å². The molecule has 0 fully saturated rings. The van der Waals surface area contributed by atoms with Gasteiger partial charge in [0.2, 0.25) is 0 Å². The molecule has 2 rings (SSSR count). The van der Waals surface area contributed by atoms with Crippen LogP contribution in [0.1, 0.15) is 17.5 Å². The van der Waals surface area contributed by atoms with Crippen molar-refractivity contribution in [1.82, 2.24) is 0 Å². The van der Waals surface area contributed by atoms with Crippen LogP contribution in [0.25, 0.3) is 0 Å². The zero-order valence-corrected chi connectivity index (χ0v) is 12.9. The highest BCUT2D eigenvalue weighted by molar-refractivity contribution is 5.42. The average Bonchev–Trinajstić information content (AvgIpc) is 2.50. The number of hydrogen-bond acceptors (Lipinski definition) is 3. The molecule has 2 aromatic rings. The third kappa shape index (κ3) is 4.42. The highest BCUT2D eigenvalue weighted by Crippen LogP contribution is 2.27. The normalized spacial score (nSPS) is 10.2. The van der Waals surface area contributed by atoms with E-state index in [-0.39, 0.29) is 0 Å². The third-order valence-electron chi connectivity index (χ3n) is 3.22. The summed E-state index contributed by atoms with van der Waals surface area (Å²) in [6, 6.07) is 13.9. The van der Waals surface area contributed by atoms with E-state index in [1.54, 1.807) is 7.11 Å². The fraction of sp³-hybridized carbons (Fsp3) is 0.333. The third-order valence-corrected chi connectivity index (χ3v) is 3.22. The van der Waals surface area contributed by atoms with Gasteiger partial charge in [0.25, 0.3) is 0 Å². The number of aryl methyl sites for hydroxylation is 2. The quantitative estimate of drug-likeness (QED) is 0.715. The Morgan fingerprint density at radius 1 is 0.810 bits per heavy atom. The summed E-state index contributed by atoms with van der Waals surface area (Å²) >= 11 is 0. The first-order valence-electron chi connectivity index (χ1n) is 7.16. The second-order valence-corrected chi connectivity index (χ2v) is 4.97. The molecule has 0 saturated carbocycles. The van der Waals surface area contributed by atoms with Crippen LogP contribution in [0.4, 0.5) is 0 Å². The predicted octanol–water partition coefficient (Wildman–Crippen LogP) is 4.16. The topological polar surface area (TPSA) is 27.7 Å². The highest BCUT2D eigenvalue weighted by atomic mass is 16.5. The van der Waals surface area contributed by atoms with Crippen LogP contribution in [-0.2, 0) is 0 Å². The summed E-state index contributed by atoms with van der Waals surface area (Å²) in [5.74, 6) is 2.49. The molecule has 0 aromatic heterocycles. The monoisotopic (exact) mass is 286 g/mol. The Balaban J connectivity index is 1.76. The van der Waals surface area contributed by atoms with Gasteiger partial charge in [-0.2, -0.15) is 0 Å². The predicted molar refractivity (Wildman–Crippen MR) is 84.5 cm³/mol. The Morgan fingerprint density at radius 3 is 2.24 bits per heavy atom. The molecule has 0 saturated heterocycles. The van der Waals surface area contributed by atoms with E-state index in [0.29, 0.717) is 13.2 Å². The van der Waals surface area contributed by atoms with E-state index < -0.39 is 0 Å². The maximum atomic E-state index is 5.75. The minimum atomic E-state index is 0.602. The Hall–Kier alpha value is -2.16. The van der Waals surface area contributed by atoms with Gasteiger partial charge in [0.15, 0.2) is 11.5 Å². The summed E-state index contributed by atoms with van der Waals surface area (Å²) in [5.41, 5.74) is 2.31. The van der Waals surface area contributed by atoms with Crippen LogP contribution < -0.4 is 14.2 Å². The van der Waals surface area contributed by atoms with Gasteiger partial charge in [0.05, 0.1) is 20.3 Å². The molecular weight excluding hydrogens is 264 g/mol. The molecule has 21 heavy (non-hydrogen) atoms. The summed E-state index contributed by atoms with van der Waals surface area (Å²) in [7, 11) is 1.66. The molecule has 3 nitrogen and oxygen atoms in total. The molecule has 0 heterocycles. The lowest BCUT2D eigenvalue weighted by atomic mass is 10.2. The van der Waals surface area contributed by atoms with Crippen molar-refractivity contribution in [3.05, 3.63) is 53.6 Å². The molecule has 0 unspecified atom stereocenters. The minimum absolute atomic E-state index is 0.602. The van der Waals surface area contributed by atoms with Gasteiger partial charge in [0.1, 0.15) is 5.75 Å². The van der Waals surface area contributed by atoms with Gasteiger partial charge in [-0.3, -0.25) is 0 Å². The van der Waals surface area contributed by atoms with E-state index in [2.05, 4.69) is 0 Å². The van der Waals surface area contributed by atoms with Crippen LogP contribution in [0.3, 0.4) is 0 Å². The highest BCUT2D eigenvalue weighted by Gasteiger charge is 2.04. The Kier molecular flexibility index (Phi) is 5.50. The van der Waals surface area contributed by atoms with Crippen molar-refractivity contribution in [2.75, 3.05) is 20.3 Å². The molecule has 0 aliphatic heterocycles. The lowest BCUT2D eigenvalue weighted by Crippen LogP contribution is -2.06. The van der Waals surface area contributed by atoms with Gasteiger partial charge in [-0.25, -0.2) is 0 Å². The smallest absolute Gasteiger partial charge is 0.161 e. The number of methoxy groups -OCH3 is 1. The van der Waals surface area contributed by atoms with Gasteiger partial charge in [0, 0.05) is 6.42 Å². The van der Waals surface area contributed by atoms with Gasteiger partial charge < -0.3 is 14.2 Å². The first-order chi connectivity index (χ1) is 10.2. The fourth-order valence-electron chi connectivity index (χ4n) is 2.04. The molecule has 0 aliphatic carbocycles. The largest absolute Gasteiger partial charge is 0.493 e. The van der Waals surface area contributed by atoms with Crippen molar-refractivity contribution >= 4 is 0 Å². The summed E-state index contributed by atoms with van der Waals surface area (Å²) in [6.45, 7) is 5.32. The van der Waals surface area contributed by atoms with Gasteiger partial charge in [-0.15, -0.1) is 0 Å². The zero-order chi connectivity index (χ0) is 15.1. The van der Waals surface area contributed by atoms with E-state index in [1.807, 2.05) is 56.3 Å². The van der Waals surface area contributed by atoms with E-state index in [0.717, 1.165) is 34.8 Å². The summed E-state index contributed by atoms with van der Waals surface area (Å²) < 4.78 is 16.8. The van der Waals surface area contributed by atoms with Crippen LogP contribution in [0, 0.1) is 13.8 Å². The molecule has 0 N–H and O–H groups in total. The number of rotatable bonds is 7. The molecule has 0 aliphatic rings. The van der Waals surface area contributed by atoms with Crippen molar-refractivity contribution in [3.8, 4) is 17.2 Å². The molecule has 0 amide bonds. The molecular formula is C18H22O3. The fourth-order valence-corrected chi connectivity index (χ4v) is 2.04. The number of benzene rings is 2. The number of ether oxygens (including phenoxy) is 3. The molecule has 0 bridgehead atoms. The van der Waals surface area contributed by atoms with E-state index in [1.165, 1.54) is 0 Å². The number of hydrogen-bond donors (Lipinski definition) is 0. The summed E-state index contributed by atoms with van der Waals surface area (Å²) in [4.78, 5) is 0.